The summed E-state index contributed by atoms with van der Waals surface area (Å²) < 4.78 is 14.7. The molecule has 3 aromatic rings. The molecular weight excluding hydrogens is 297 g/mol. The highest BCUT2D eigenvalue weighted by atomic mass is 19.1. The normalized spacial score (nSPS) is 12.1. The van der Waals surface area contributed by atoms with Crippen molar-refractivity contribution in [3.05, 3.63) is 70.9 Å². The van der Waals surface area contributed by atoms with Gasteiger partial charge in [-0.05, 0) is 25.1 Å². The number of nitrogens with zero attached hydrogens (tertiary/aromatic N) is 2. The Hall–Kier alpha value is -3.02. The van der Waals surface area contributed by atoms with Gasteiger partial charge in [0.1, 0.15) is 11.9 Å². The van der Waals surface area contributed by atoms with Gasteiger partial charge in [-0.25, -0.2) is 9.07 Å². The summed E-state index contributed by atoms with van der Waals surface area (Å²) in [6, 6.07) is 12.0. The van der Waals surface area contributed by atoms with Gasteiger partial charge in [-0.2, -0.15) is 5.10 Å². The Morgan fingerprint density at radius 3 is 2.65 bits per heavy atom. The van der Waals surface area contributed by atoms with Crippen molar-refractivity contribution >= 4 is 22.4 Å². The lowest BCUT2D eigenvalue weighted by Gasteiger charge is -2.14. The number of carbonyl (C=O) groups is 1. The summed E-state index contributed by atoms with van der Waals surface area (Å²) in [6.07, 6.45) is 1.53. The number of carbonyl (C=O) groups excluding carboxylic acids is 1. The zero-order valence-electron chi connectivity index (χ0n) is 12.4. The molecule has 0 fully saturated rings. The molecule has 23 heavy (non-hydrogen) atoms. The average Bonchev–Trinajstić information content (AvgIpc) is 2.57. The third-order valence-corrected chi connectivity index (χ3v) is 3.60. The van der Waals surface area contributed by atoms with Crippen LogP contribution in [0.3, 0.4) is 0 Å². The van der Waals surface area contributed by atoms with E-state index in [1.807, 2.05) is 6.07 Å². The highest BCUT2D eigenvalue weighted by molar-refractivity contribution is 5.93. The molecule has 0 aliphatic rings. The van der Waals surface area contributed by atoms with E-state index in [1.54, 1.807) is 31.2 Å². The van der Waals surface area contributed by atoms with Crippen LogP contribution in [0.15, 0.2) is 59.5 Å². The van der Waals surface area contributed by atoms with Gasteiger partial charge < -0.3 is 5.32 Å². The summed E-state index contributed by atoms with van der Waals surface area (Å²) in [5.74, 6) is -1.05. The Morgan fingerprint density at radius 1 is 1.17 bits per heavy atom. The number of aromatic nitrogens is 2. The Morgan fingerprint density at radius 2 is 1.87 bits per heavy atom. The van der Waals surface area contributed by atoms with Crippen LogP contribution in [0.25, 0.3) is 10.8 Å². The van der Waals surface area contributed by atoms with E-state index in [1.165, 1.54) is 24.4 Å². The molecule has 0 bridgehead atoms. The molecule has 1 N–H and O–H groups in total. The van der Waals surface area contributed by atoms with Crippen LogP contribution in [0.5, 0.6) is 0 Å². The van der Waals surface area contributed by atoms with E-state index in [0.717, 1.165) is 4.68 Å². The van der Waals surface area contributed by atoms with Gasteiger partial charge in [0.15, 0.2) is 0 Å². The zero-order chi connectivity index (χ0) is 16.4. The lowest BCUT2D eigenvalue weighted by Crippen LogP contribution is -2.33. The molecule has 0 spiro atoms. The molecule has 5 nitrogen and oxygen atoms in total. The minimum atomic E-state index is -0.869. The van der Waals surface area contributed by atoms with Crippen LogP contribution in [0.4, 0.5) is 10.1 Å². The molecule has 1 atom stereocenters. The van der Waals surface area contributed by atoms with E-state index in [9.17, 15) is 14.0 Å². The number of benzene rings is 2. The molecule has 1 heterocycles. The second kappa shape index (κ2) is 6.00. The van der Waals surface area contributed by atoms with E-state index >= 15 is 0 Å². The minimum absolute atomic E-state index is 0.0678. The average molecular weight is 311 g/mol. The molecule has 0 saturated carbocycles. The molecule has 0 saturated heterocycles. The first-order valence-corrected chi connectivity index (χ1v) is 7.10. The first-order valence-electron chi connectivity index (χ1n) is 7.10. The van der Waals surface area contributed by atoms with E-state index in [0.29, 0.717) is 10.8 Å². The first-order chi connectivity index (χ1) is 11.1. The minimum Gasteiger partial charge on any atom is -0.322 e. The van der Waals surface area contributed by atoms with E-state index in [2.05, 4.69) is 10.4 Å². The molecular formula is C17H14FN3O2. The lowest BCUT2D eigenvalue weighted by molar-refractivity contribution is -0.119. The summed E-state index contributed by atoms with van der Waals surface area (Å²) in [5.41, 5.74) is -0.294. The van der Waals surface area contributed by atoms with Crippen LogP contribution in [-0.4, -0.2) is 15.7 Å². The van der Waals surface area contributed by atoms with Gasteiger partial charge in [-0.15, -0.1) is 0 Å². The van der Waals surface area contributed by atoms with Gasteiger partial charge in [0, 0.05) is 5.39 Å². The lowest BCUT2D eigenvalue weighted by atomic mass is 10.2. The molecule has 0 aliphatic heterocycles. The molecule has 116 valence electrons. The molecule has 1 aromatic heterocycles. The van der Waals surface area contributed by atoms with Crippen LogP contribution in [-0.2, 0) is 4.79 Å². The van der Waals surface area contributed by atoms with E-state index in [-0.39, 0.29) is 11.2 Å². The Kier molecular flexibility index (Phi) is 3.89. The Balaban J connectivity index is 1.92. The van der Waals surface area contributed by atoms with Crippen molar-refractivity contribution in [1.82, 2.24) is 9.78 Å². The molecule has 0 unspecified atom stereocenters. The molecule has 2 aromatic carbocycles. The number of nitrogens with one attached hydrogen (secondary N) is 1. The van der Waals surface area contributed by atoms with Crippen molar-refractivity contribution in [2.45, 2.75) is 13.0 Å². The van der Waals surface area contributed by atoms with Gasteiger partial charge in [-0.1, -0.05) is 30.3 Å². The van der Waals surface area contributed by atoms with Crippen LogP contribution in [0, 0.1) is 5.82 Å². The van der Waals surface area contributed by atoms with Gasteiger partial charge in [-0.3, -0.25) is 9.59 Å². The molecule has 0 radical (unpaired) electrons. The predicted octanol–water partition coefficient (Wildman–Crippen LogP) is 2.74. The number of fused-ring (bicyclic) bond motifs is 1. The number of amides is 1. The molecule has 3 rings (SSSR count). The van der Waals surface area contributed by atoms with Crippen molar-refractivity contribution < 1.29 is 9.18 Å². The number of hydrogen-bond acceptors (Lipinski definition) is 3. The second-order valence-corrected chi connectivity index (χ2v) is 5.13. The van der Waals surface area contributed by atoms with Crippen molar-refractivity contribution in [2.24, 2.45) is 0 Å². The largest absolute Gasteiger partial charge is 0.322 e. The van der Waals surface area contributed by atoms with Crippen molar-refractivity contribution in [3.63, 3.8) is 0 Å². The third-order valence-electron chi connectivity index (χ3n) is 3.60. The van der Waals surface area contributed by atoms with E-state index < -0.39 is 17.8 Å². The third kappa shape index (κ3) is 2.83. The number of rotatable bonds is 3. The second-order valence-electron chi connectivity index (χ2n) is 5.13. The molecule has 1 amide bonds. The summed E-state index contributed by atoms with van der Waals surface area (Å²) in [4.78, 5) is 24.7. The smallest absolute Gasteiger partial charge is 0.275 e. The standard InChI is InChI=1S/C17H14FN3O2/c1-11(16(22)20-15-9-5-4-8-14(15)18)21-17(23)13-7-3-2-6-12(13)10-19-21/h2-11H,1H3,(H,20,22)/t11-/m0/s1. The highest BCUT2D eigenvalue weighted by Gasteiger charge is 2.19. The Labute approximate surface area is 131 Å². The monoisotopic (exact) mass is 311 g/mol. The van der Waals surface area contributed by atoms with Gasteiger partial charge in [0.05, 0.1) is 17.3 Å². The first kappa shape index (κ1) is 14.9. The van der Waals surface area contributed by atoms with Crippen molar-refractivity contribution in [3.8, 4) is 0 Å². The maximum atomic E-state index is 13.6. The molecule has 6 heteroatoms. The van der Waals surface area contributed by atoms with Gasteiger partial charge in [0.25, 0.3) is 5.56 Å². The number of anilines is 1. The van der Waals surface area contributed by atoms with Gasteiger partial charge >= 0.3 is 0 Å². The number of hydrogen-bond donors (Lipinski definition) is 1. The van der Waals surface area contributed by atoms with E-state index in [4.69, 9.17) is 0 Å². The summed E-state index contributed by atoms with van der Waals surface area (Å²) in [7, 11) is 0. The molecule has 0 aliphatic carbocycles. The fourth-order valence-corrected chi connectivity index (χ4v) is 2.29. The Bertz CT molecular complexity index is 936. The van der Waals surface area contributed by atoms with Crippen LogP contribution >= 0.6 is 0 Å². The predicted molar refractivity (Wildman–Crippen MR) is 85.7 cm³/mol. The summed E-state index contributed by atoms with van der Waals surface area (Å²) in [5, 5.41) is 7.69. The van der Waals surface area contributed by atoms with Crippen LogP contribution < -0.4 is 10.9 Å². The maximum absolute atomic E-state index is 13.6. The number of halogens is 1. The van der Waals surface area contributed by atoms with Gasteiger partial charge in [0.2, 0.25) is 5.91 Å². The maximum Gasteiger partial charge on any atom is 0.275 e. The summed E-state index contributed by atoms with van der Waals surface area (Å²) >= 11 is 0. The SMILES string of the molecule is C[C@@H](C(=O)Nc1ccccc1F)n1ncc2ccccc2c1=O. The quantitative estimate of drug-likeness (QED) is 0.809. The highest BCUT2D eigenvalue weighted by Crippen LogP contribution is 2.15. The fraction of sp³-hybridized carbons (Fsp3) is 0.118. The van der Waals surface area contributed by atoms with Crippen LogP contribution in [0.1, 0.15) is 13.0 Å². The topological polar surface area (TPSA) is 64.0 Å². The fourth-order valence-electron chi connectivity index (χ4n) is 2.29. The van der Waals surface area contributed by atoms with Crippen molar-refractivity contribution in [1.29, 1.82) is 0 Å². The van der Waals surface area contributed by atoms with Crippen LogP contribution in [0.2, 0.25) is 0 Å². The zero-order valence-corrected chi connectivity index (χ0v) is 12.4. The summed E-state index contributed by atoms with van der Waals surface area (Å²) in [6.45, 7) is 1.54. The van der Waals surface area contributed by atoms with Crippen molar-refractivity contribution in [2.75, 3.05) is 5.32 Å². The number of para-hydroxylation sites is 1.